The summed E-state index contributed by atoms with van der Waals surface area (Å²) in [5.74, 6) is 0.571. The molecular weight excluding hydrogens is 375 g/mol. The van der Waals surface area contributed by atoms with Gasteiger partial charge in [0.05, 0.1) is 10.6 Å². The van der Waals surface area contributed by atoms with E-state index < -0.39 is 12.3 Å². The summed E-state index contributed by atoms with van der Waals surface area (Å²) in [4.78, 5) is 25.7. The van der Waals surface area contributed by atoms with Crippen LogP contribution in [0.1, 0.15) is 36.0 Å². The van der Waals surface area contributed by atoms with Gasteiger partial charge in [-0.25, -0.2) is 9.18 Å². The first-order valence-electron chi connectivity index (χ1n) is 9.04. The number of nitrogens with zero attached hydrogens (tertiary/aromatic N) is 2. The Labute approximate surface area is 163 Å². The van der Waals surface area contributed by atoms with E-state index in [9.17, 15) is 14.0 Å². The maximum Gasteiger partial charge on any atom is 0.407 e. The molecule has 27 heavy (non-hydrogen) atoms. The van der Waals surface area contributed by atoms with Crippen molar-refractivity contribution >= 4 is 23.6 Å². The van der Waals surface area contributed by atoms with Crippen molar-refractivity contribution in [2.45, 2.75) is 31.9 Å². The fraction of sp³-hybridized carbons (Fsp3) is 0.579. The summed E-state index contributed by atoms with van der Waals surface area (Å²) >= 11 is 6.11. The van der Waals surface area contributed by atoms with E-state index in [4.69, 9.17) is 21.4 Å². The number of piperidine rings is 1. The quantitative estimate of drug-likeness (QED) is 0.752. The normalized spacial score (nSPS) is 16.1. The lowest BCUT2D eigenvalue weighted by Crippen LogP contribution is -2.37. The van der Waals surface area contributed by atoms with Gasteiger partial charge in [0, 0.05) is 27.2 Å². The van der Waals surface area contributed by atoms with Crippen LogP contribution < -0.4 is 4.74 Å². The Morgan fingerprint density at radius 1 is 1.37 bits per heavy atom. The molecule has 6 nitrogen and oxygen atoms in total. The first-order valence-corrected chi connectivity index (χ1v) is 9.41. The van der Waals surface area contributed by atoms with Crippen LogP contribution in [0.15, 0.2) is 18.2 Å². The number of rotatable bonds is 7. The van der Waals surface area contributed by atoms with E-state index in [1.54, 1.807) is 26.2 Å². The van der Waals surface area contributed by atoms with Crippen molar-refractivity contribution in [2.24, 2.45) is 5.92 Å². The van der Waals surface area contributed by atoms with Crippen LogP contribution in [0.2, 0.25) is 5.02 Å². The molecule has 0 radical (unpaired) electrons. The van der Waals surface area contributed by atoms with Crippen LogP contribution in [-0.2, 0) is 0 Å². The highest BCUT2D eigenvalue weighted by molar-refractivity contribution is 6.34. The van der Waals surface area contributed by atoms with Crippen molar-refractivity contribution in [3.8, 4) is 5.75 Å². The van der Waals surface area contributed by atoms with Gasteiger partial charge in [-0.1, -0.05) is 11.6 Å². The Bertz CT molecular complexity index is 663. The topological polar surface area (TPSA) is 70.1 Å². The van der Waals surface area contributed by atoms with Crippen molar-refractivity contribution in [3.63, 3.8) is 0 Å². The highest BCUT2D eigenvalue weighted by Gasteiger charge is 2.23. The van der Waals surface area contributed by atoms with Gasteiger partial charge in [-0.2, -0.15) is 0 Å². The van der Waals surface area contributed by atoms with Crippen LogP contribution in [-0.4, -0.2) is 66.9 Å². The number of carboxylic acid groups (broad SMARTS) is 1. The molecule has 1 aromatic rings. The van der Waals surface area contributed by atoms with E-state index in [0.717, 1.165) is 19.3 Å². The SMILES string of the molecule is CN(C)C(=O)c1ccc(OCC(F)CCC2CCN(C(=O)O)CC2)cc1Cl. The predicted molar refractivity (Wildman–Crippen MR) is 101 cm³/mol. The molecule has 1 unspecified atom stereocenters. The van der Waals surface area contributed by atoms with Gasteiger partial charge < -0.3 is 19.6 Å². The average molecular weight is 401 g/mol. The van der Waals surface area contributed by atoms with Gasteiger partial charge >= 0.3 is 6.09 Å². The third-order valence-corrected chi connectivity index (χ3v) is 5.09. The molecule has 1 N–H and O–H groups in total. The Morgan fingerprint density at radius 2 is 2.04 bits per heavy atom. The molecule has 150 valence electrons. The zero-order valence-corrected chi connectivity index (χ0v) is 16.4. The summed E-state index contributed by atoms with van der Waals surface area (Å²) in [5.41, 5.74) is 0.374. The highest BCUT2D eigenvalue weighted by atomic mass is 35.5. The second kappa shape index (κ2) is 9.78. The summed E-state index contributed by atoms with van der Waals surface area (Å²) in [5, 5.41) is 9.20. The molecule has 1 aromatic carbocycles. The van der Waals surface area contributed by atoms with E-state index in [0.29, 0.717) is 36.7 Å². The molecule has 1 atom stereocenters. The van der Waals surface area contributed by atoms with Crippen molar-refractivity contribution in [1.82, 2.24) is 9.80 Å². The Morgan fingerprint density at radius 3 is 2.59 bits per heavy atom. The molecular formula is C19H26ClFN2O4. The molecule has 0 spiro atoms. The highest BCUT2D eigenvalue weighted by Crippen LogP contribution is 2.25. The fourth-order valence-corrected chi connectivity index (χ4v) is 3.35. The number of carbonyl (C=O) groups excluding carboxylic acids is 1. The van der Waals surface area contributed by atoms with Crippen molar-refractivity contribution in [2.75, 3.05) is 33.8 Å². The summed E-state index contributed by atoms with van der Waals surface area (Å²) in [7, 11) is 3.28. The zero-order chi connectivity index (χ0) is 20.0. The van der Waals surface area contributed by atoms with Gasteiger partial charge in [0.25, 0.3) is 5.91 Å². The van der Waals surface area contributed by atoms with Gasteiger partial charge in [-0.3, -0.25) is 4.79 Å². The average Bonchev–Trinajstić information content (AvgIpc) is 2.64. The lowest BCUT2D eigenvalue weighted by Gasteiger charge is -2.30. The number of ether oxygens (including phenoxy) is 1. The number of alkyl halides is 1. The molecule has 0 aliphatic carbocycles. The minimum Gasteiger partial charge on any atom is -0.491 e. The largest absolute Gasteiger partial charge is 0.491 e. The molecule has 8 heteroatoms. The fourth-order valence-electron chi connectivity index (χ4n) is 3.10. The second-order valence-corrected chi connectivity index (χ2v) is 7.45. The molecule has 0 saturated carbocycles. The van der Waals surface area contributed by atoms with E-state index >= 15 is 0 Å². The molecule has 0 aromatic heterocycles. The molecule has 2 rings (SSSR count). The molecule has 1 saturated heterocycles. The third kappa shape index (κ3) is 6.27. The lowest BCUT2D eigenvalue weighted by atomic mass is 9.91. The summed E-state index contributed by atoms with van der Waals surface area (Å²) in [6, 6.07) is 4.70. The first kappa shape index (κ1) is 21.3. The Kier molecular flexibility index (Phi) is 7.71. The van der Waals surface area contributed by atoms with Gasteiger partial charge in [-0.05, 0) is 49.8 Å². The molecule has 2 amide bonds. The second-order valence-electron chi connectivity index (χ2n) is 7.04. The zero-order valence-electron chi connectivity index (χ0n) is 15.7. The van der Waals surface area contributed by atoms with Gasteiger partial charge in [0.1, 0.15) is 18.5 Å². The van der Waals surface area contributed by atoms with Crippen LogP contribution >= 0.6 is 11.6 Å². The standard InChI is InChI=1S/C19H26ClFN2O4/c1-22(2)18(24)16-6-5-15(11-17(16)20)27-12-14(21)4-3-13-7-9-23(10-8-13)19(25)26/h5-6,11,13-14H,3-4,7-10,12H2,1-2H3,(H,25,26). The van der Waals surface area contributed by atoms with Crippen LogP contribution in [0.5, 0.6) is 5.75 Å². The van der Waals surface area contributed by atoms with Crippen LogP contribution in [0.3, 0.4) is 0 Å². The summed E-state index contributed by atoms with van der Waals surface area (Å²) < 4.78 is 19.6. The third-order valence-electron chi connectivity index (χ3n) is 4.78. The van der Waals surface area contributed by atoms with Crippen molar-refractivity contribution in [3.05, 3.63) is 28.8 Å². The summed E-state index contributed by atoms with van der Waals surface area (Å²) in [6.45, 7) is 0.958. The van der Waals surface area contributed by atoms with Crippen LogP contribution in [0.25, 0.3) is 0 Å². The number of benzene rings is 1. The van der Waals surface area contributed by atoms with Crippen LogP contribution in [0.4, 0.5) is 9.18 Å². The number of carbonyl (C=O) groups is 2. The lowest BCUT2D eigenvalue weighted by molar-refractivity contribution is 0.0827. The summed E-state index contributed by atoms with van der Waals surface area (Å²) in [6.07, 6.45) is 0.650. The number of hydrogen-bond donors (Lipinski definition) is 1. The molecule has 1 aliphatic heterocycles. The molecule has 1 heterocycles. The molecule has 1 fully saturated rings. The van der Waals surface area contributed by atoms with Gasteiger partial charge in [0.2, 0.25) is 0 Å². The first-order chi connectivity index (χ1) is 12.8. The smallest absolute Gasteiger partial charge is 0.407 e. The van der Waals surface area contributed by atoms with E-state index in [1.807, 2.05) is 0 Å². The van der Waals surface area contributed by atoms with Gasteiger partial charge in [-0.15, -0.1) is 0 Å². The van der Waals surface area contributed by atoms with Crippen LogP contribution in [0, 0.1) is 5.92 Å². The van der Waals surface area contributed by atoms with Crippen molar-refractivity contribution < 1.29 is 23.8 Å². The number of halogens is 2. The Hall–Kier alpha value is -2.02. The molecule has 0 bridgehead atoms. The minimum absolute atomic E-state index is 0.0781. The molecule has 1 aliphatic rings. The minimum atomic E-state index is -1.11. The number of hydrogen-bond acceptors (Lipinski definition) is 3. The monoisotopic (exact) mass is 400 g/mol. The van der Waals surface area contributed by atoms with E-state index in [2.05, 4.69) is 0 Å². The number of likely N-dealkylation sites (tertiary alicyclic amines) is 1. The predicted octanol–water partition coefficient (Wildman–Crippen LogP) is 3.93. The van der Waals surface area contributed by atoms with E-state index in [-0.39, 0.29) is 17.5 Å². The maximum atomic E-state index is 14.1. The maximum absolute atomic E-state index is 14.1. The number of amides is 2. The van der Waals surface area contributed by atoms with Gasteiger partial charge in [0.15, 0.2) is 0 Å². The Balaban J connectivity index is 1.74. The van der Waals surface area contributed by atoms with Crippen molar-refractivity contribution in [1.29, 1.82) is 0 Å². The van der Waals surface area contributed by atoms with E-state index in [1.165, 1.54) is 15.9 Å².